The number of sulfonamides is 1. The average molecular weight is 614 g/mol. The van der Waals surface area contributed by atoms with Gasteiger partial charge in [0.1, 0.15) is 11.8 Å². The second kappa shape index (κ2) is 15.8. The van der Waals surface area contributed by atoms with Crippen LogP contribution in [0, 0.1) is 0 Å². The van der Waals surface area contributed by atoms with Crippen LogP contribution in [-0.4, -0.2) is 45.3 Å². The summed E-state index contributed by atoms with van der Waals surface area (Å²) in [4.78, 5) is 29.6. The Morgan fingerprint density at radius 3 is 1.98 bits per heavy atom. The number of hydrogen-bond donors (Lipinski definition) is 2. The van der Waals surface area contributed by atoms with Crippen molar-refractivity contribution in [2.75, 3.05) is 20.2 Å². The van der Waals surface area contributed by atoms with Crippen LogP contribution in [0.5, 0.6) is 5.75 Å². The van der Waals surface area contributed by atoms with E-state index in [2.05, 4.69) is 10.0 Å². The quantitative estimate of drug-likeness (QED) is 0.195. The summed E-state index contributed by atoms with van der Waals surface area (Å²) in [5, 5.41) is 3.06. The minimum atomic E-state index is -3.57. The van der Waals surface area contributed by atoms with Gasteiger partial charge in [-0.3, -0.25) is 9.59 Å². The van der Waals surface area contributed by atoms with Crippen LogP contribution in [0.1, 0.15) is 41.6 Å². The Morgan fingerprint density at radius 1 is 0.773 bits per heavy atom. The molecule has 0 aliphatic rings. The molecule has 0 saturated carbocycles. The first-order valence-electron chi connectivity index (χ1n) is 14.7. The maximum absolute atomic E-state index is 14.0. The highest BCUT2D eigenvalue weighted by Gasteiger charge is 2.31. The van der Waals surface area contributed by atoms with E-state index in [1.165, 1.54) is 0 Å². The summed E-state index contributed by atoms with van der Waals surface area (Å²) in [6.45, 7) is 2.67. The van der Waals surface area contributed by atoms with E-state index in [9.17, 15) is 18.0 Å². The molecule has 2 amide bonds. The van der Waals surface area contributed by atoms with Crippen molar-refractivity contribution in [3.8, 4) is 5.75 Å². The largest absolute Gasteiger partial charge is 0.497 e. The minimum absolute atomic E-state index is 0.135. The molecule has 1 atom stereocenters. The van der Waals surface area contributed by atoms with Crippen molar-refractivity contribution in [2.24, 2.45) is 0 Å². The number of hydrogen-bond acceptors (Lipinski definition) is 5. The van der Waals surface area contributed by atoms with E-state index in [1.807, 2.05) is 84.9 Å². The van der Waals surface area contributed by atoms with Gasteiger partial charge in [-0.25, -0.2) is 13.1 Å². The van der Waals surface area contributed by atoms with Gasteiger partial charge in [0.05, 0.1) is 12.0 Å². The molecule has 0 aliphatic carbocycles. The minimum Gasteiger partial charge on any atom is -0.497 e. The van der Waals surface area contributed by atoms with Gasteiger partial charge in [0, 0.05) is 26.1 Å². The second-order valence-corrected chi connectivity index (χ2v) is 12.1. The van der Waals surface area contributed by atoms with Gasteiger partial charge in [-0.05, 0) is 59.4 Å². The number of rotatable bonds is 15. The van der Waals surface area contributed by atoms with Crippen LogP contribution in [-0.2, 0) is 39.0 Å². The number of nitrogens with one attached hydrogen (secondary N) is 2. The molecule has 9 heteroatoms. The summed E-state index contributed by atoms with van der Waals surface area (Å²) >= 11 is 0. The lowest BCUT2D eigenvalue weighted by molar-refractivity contribution is -0.141. The molecular formula is C35H39N3O5S. The fraction of sp³-hybridized carbons (Fsp3) is 0.257. The molecule has 4 rings (SSSR count). The van der Waals surface area contributed by atoms with Crippen LogP contribution in [0.4, 0.5) is 0 Å². The van der Waals surface area contributed by atoms with Gasteiger partial charge >= 0.3 is 0 Å². The number of nitrogens with zero attached hydrogens (tertiary/aromatic N) is 1. The predicted molar refractivity (Wildman–Crippen MR) is 172 cm³/mol. The molecule has 0 bridgehead atoms. The zero-order valence-corrected chi connectivity index (χ0v) is 25.9. The Kier molecular flexibility index (Phi) is 11.7. The van der Waals surface area contributed by atoms with Gasteiger partial charge in [-0.15, -0.1) is 0 Å². The van der Waals surface area contributed by atoms with Gasteiger partial charge in [0.2, 0.25) is 21.8 Å². The number of carbonyl (C=O) groups is 2. The fourth-order valence-electron chi connectivity index (χ4n) is 4.93. The summed E-state index contributed by atoms with van der Waals surface area (Å²) in [5.74, 6) is 0.244. The molecule has 4 aromatic rings. The van der Waals surface area contributed by atoms with Gasteiger partial charge in [-0.2, -0.15) is 0 Å². The first kappa shape index (κ1) is 32.4. The number of ether oxygens (including phenoxy) is 1. The third-order valence-corrected chi connectivity index (χ3v) is 8.82. The summed E-state index contributed by atoms with van der Waals surface area (Å²) in [6, 6.07) is 32.3. The Labute approximate surface area is 260 Å². The van der Waals surface area contributed by atoms with Crippen LogP contribution in [0.25, 0.3) is 0 Å². The van der Waals surface area contributed by atoms with E-state index in [0.29, 0.717) is 37.2 Å². The first-order valence-corrected chi connectivity index (χ1v) is 16.2. The lowest BCUT2D eigenvalue weighted by atomic mass is 10.0. The summed E-state index contributed by atoms with van der Waals surface area (Å²) in [5.41, 5.74) is 3.50. The van der Waals surface area contributed by atoms with Crippen LogP contribution in [0.3, 0.4) is 0 Å². The van der Waals surface area contributed by atoms with Crippen molar-refractivity contribution in [2.45, 2.75) is 43.7 Å². The van der Waals surface area contributed by atoms with Crippen molar-refractivity contribution in [1.29, 1.82) is 0 Å². The zero-order valence-electron chi connectivity index (χ0n) is 25.1. The van der Waals surface area contributed by atoms with Gasteiger partial charge in [0.25, 0.3) is 0 Å². The third kappa shape index (κ3) is 9.02. The molecule has 2 N–H and O–H groups in total. The van der Waals surface area contributed by atoms with E-state index in [1.54, 1.807) is 43.2 Å². The molecule has 0 radical (unpaired) electrons. The number of methoxy groups -OCH3 is 1. The van der Waals surface area contributed by atoms with E-state index in [-0.39, 0.29) is 29.7 Å². The van der Waals surface area contributed by atoms with Gasteiger partial charge in [-0.1, -0.05) is 91.9 Å². The molecule has 4 aromatic carbocycles. The maximum Gasteiger partial charge on any atom is 0.247 e. The topological polar surface area (TPSA) is 105 Å². The molecule has 1 unspecified atom stereocenters. The fourth-order valence-corrected chi connectivity index (χ4v) is 5.98. The lowest BCUT2D eigenvalue weighted by Crippen LogP contribution is -2.44. The van der Waals surface area contributed by atoms with Crippen molar-refractivity contribution in [3.05, 3.63) is 131 Å². The van der Waals surface area contributed by atoms with Crippen LogP contribution in [0.2, 0.25) is 0 Å². The monoisotopic (exact) mass is 613 g/mol. The summed E-state index contributed by atoms with van der Waals surface area (Å²) < 4.78 is 32.4. The zero-order chi connectivity index (χ0) is 31.4. The number of aryl methyl sites for hydroxylation is 1. The number of benzene rings is 4. The molecule has 0 heterocycles. The van der Waals surface area contributed by atoms with Crippen LogP contribution in [0.15, 0.2) is 114 Å². The van der Waals surface area contributed by atoms with Gasteiger partial charge < -0.3 is 15.0 Å². The lowest BCUT2D eigenvalue weighted by Gasteiger charge is -2.32. The molecule has 0 aliphatic heterocycles. The molecular weight excluding hydrogens is 574 g/mol. The molecule has 44 heavy (non-hydrogen) atoms. The number of amides is 2. The predicted octanol–water partition coefficient (Wildman–Crippen LogP) is 5.06. The van der Waals surface area contributed by atoms with Crippen molar-refractivity contribution < 1.29 is 22.7 Å². The second-order valence-electron chi connectivity index (χ2n) is 10.4. The normalized spacial score (nSPS) is 11.9. The third-order valence-electron chi connectivity index (χ3n) is 7.26. The van der Waals surface area contributed by atoms with Crippen LogP contribution >= 0.6 is 0 Å². The summed E-state index contributed by atoms with van der Waals surface area (Å²) in [6.07, 6.45) is 1.19. The SMILES string of the molecule is CCNS(=O)(=O)c1ccc(CCC(=O)N(Cc2ccc(OC)cc2)C(C(=O)NCCc2ccccc2)c2ccccc2)cc1. The van der Waals surface area contributed by atoms with Crippen molar-refractivity contribution in [3.63, 3.8) is 0 Å². The molecule has 0 saturated heterocycles. The maximum atomic E-state index is 14.0. The van der Waals surface area contributed by atoms with Crippen molar-refractivity contribution >= 4 is 21.8 Å². The molecule has 230 valence electrons. The van der Waals surface area contributed by atoms with E-state index in [0.717, 1.165) is 16.7 Å². The van der Waals surface area contributed by atoms with E-state index in [4.69, 9.17) is 4.74 Å². The Morgan fingerprint density at radius 2 is 1.36 bits per heavy atom. The molecule has 0 spiro atoms. The average Bonchev–Trinajstić information content (AvgIpc) is 3.05. The highest BCUT2D eigenvalue weighted by molar-refractivity contribution is 7.89. The summed E-state index contributed by atoms with van der Waals surface area (Å²) in [7, 11) is -1.97. The van der Waals surface area contributed by atoms with E-state index < -0.39 is 16.1 Å². The smallest absolute Gasteiger partial charge is 0.247 e. The Bertz CT molecular complexity index is 1590. The Balaban J connectivity index is 1.57. The van der Waals surface area contributed by atoms with E-state index >= 15 is 0 Å². The standard InChI is InChI=1S/C35H39N3O5S/c1-3-37-44(41,42)32-21-16-28(17-22-32)18-23-33(39)38(26-29-14-19-31(43-2)20-15-29)34(30-12-8-5-9-13-30)35(40)36-25-24-27-10-6-4-7-11-27/h4-17,19-22,34,37H,3,18,23-26H2,1-2H3,(H,36,40). The Hall–Kier alpha value is -4.47. The van der Waals surface area contributed by atoms with Crippen LogP contribution < -0.4 is 14.8 Å². The molecule has 0 aromatic heterocycles. The van der Waals surface area contributed by atoms with Gasteiger partial charge in [0.15, 0.2) is 0 Å². The highest BCUT2D eigenvalue weighted by atomic mass is 32.2. The highest BCUT2D eigenvalue weighted by Crippen LogP contribution is 2.26. The van der Waals surface area contributed by atoms with Crippen molar-refractivity contribution in [1.82, 2.24) is 14.9 Å². The first-order chi connectivity index (χ1) is 21.3. The number of carbonyl (C=O) groups excluding carboxylic acids is 2. The molecule has 0 fully saturated rings. The molecule has 8 nitrogen and oxygen atoms in total.